The Bertz CT molecular complexity index is 750. The number of likely N-dealkylation sites (N-methyl/N-ethyl adjacent to an activating group) is 1. The molecule has 0 spiro atoms. The van der Waals surface area contributed by atoms with Crippen LogP contribution in [-0.2, 0) is 11.2 Å². The van der Waals surface area contributed by atoms with Crippen LogP contribution in [0.1, 0.15) is 34.1 Å². The number of nitrogens with zero attached hydrogens (tertiary/aromatic N) is 3. The van der Waals surface area contributed by atoms with Gasteiger partial charge in [-0.05, 0) is 26.3 Å². The first-order valence-corrected chi connectivity index (χ1v) is 9.91. The van der Waals surface area contributed by atoms with E-state index in [1.807, 2.05) is 25.1 Å². The molecule has 1 aromatic heterocycles. The first-order valence-electron chi connectivity index (χ1n) is 9.09. The lowest BCUT2D eigenvalue weighted by atomic mass is 10.1. The molecule has 0 saturated heterocycles. The van der Waals surface area contributed by atoms with Gasteiger partial charge < -0.3 is 15.5 Å². The highest BCUT2D eigenvalue weighted by molar-refractivity contribution is 7.11. The Morgan fingerprint density at radius 3 is 2.56 bits per heavy atom. The van der Waals surface area contributed by atoms with Gasteiger partial charge in [-0.15, -0.1) is 11.3 Å². The summed E-state index contributed by atoms with van der Waals surface area (Å²) in [6.07, 6.45) is 0.821. The number of thiazole rings is 1. The Morgan fingerprint density at radius 2 is 1.96 bits per heavy atom. The Kier molecular flexibility index (Phi) is 7.79. The number of hydrogen-bond donors (Lipinski definition) is 2. The molecule has 2 rings (SSSR count). The predicted molar refractivity (Wildman–Crippen MR) is 112 cm³/mol. The summed E-state index contributed by atoms with van der Waals surface area (Å²) in [6, 6.07) is 10.2. The molecule has 2 N–H and O–H groups in total. The van der Waals surface area contributed by atoms with Crippen molar-refractivity contribution in [2.45, 2.75) is 33.2 Å². The Morgan fingerprint density at radius 1 is 1.26 bits per heavy atom. The van der Waals surface area contributed by atoms with Crippen molar-refractivity contribution in [3.05, 3.63) is 51.5 Å². The van der Waals surface area contributed by atoms with Gasteiger partial charge in [-0.25, -0.2) is 9.98 Å². The van der Waals surface area contributed by atoms with E-state index in [4.69, 9.17) is 0 Å². The highest BCUT2D eigenvalue weighted by Crippen LogP contribution is 2.16. The lowest BCUT2D eigenvalue weighted by molar-refractivity contribution is -0.127. The number of nitrogens with one attached hydrogen (secondary N) is 2. The first-order chi connectivity index (χ1) is 12.9. The van der Waals surface area contributed by atoms with Gasteiger partial charge in [0, 0.05) is 31.9 Å². The van der Waals surface area contributed by atoms with E-state index >= 15 is 0 Å². The van der Waals surface area contributed by atoms with Gasteiger partial charge in [-0.2, -0.15) is 0 Å². The molecule has 0 saturated carbocycles. The van der Waals surface area contributed by atoms with Crippen LogP contribution < -0.4 is 10.6 Å². The summed E-state index contributed by atoms with van der Waals surface area (Å²) in [5.74, 6) is 0.598. The van der Waals surface area contributed by atoms with E-state index < -0.39 is 0 Å². The number of amides is 1. The quantitative estimate of drug-likeness (QED) is 0.566. The van der Waals surface area contributed by atoms with Crippen molar-refractivity contribution in [1.29, 1.82) is 0 Å². The molecule has 0 fully saturated rings. The number of aromatic nitrogens is 1. The summed E-state index contributed by atoms with van der Waals surface area (Å²) in [6.45, 7) is 7.02. The maximum absolute atomic E-state index is 11.9. The molecular formula is C20H29N5OS. The average Bonchev–Trinajstić information content (AvgIpc) is 2.97. The summed E-state index contributed by atoms with van der Waals surface area (Å²) >= 11 is 1.73. The number of carbonyl (C=O) groups excluding carboxylic acids is 1. The Hall–Kier alpha value is -2.41. The Labute approximate surface area is 165 Å². The number of carbonyl (C=O) groups is 1. The second-order valence-corrected chi connectivity index (χ2v) is 7.94. The van der Waals surface area contributed by atoms with Crippen LogP contribution in [-0.4, -0.2) is 48.9 Å². The second kappa shape index (κ2) is 10.1. The van der Waals surface area contributed by atoms with Crippen LogP contribution in [0.4, 0.5) is 0 Å². The van der Waals surface area contributed by atoms with Crippen LogP contribution in [0, 0.1) is 13.8 Å². The van der Waals surface area contributed by atoms with Gasteiger partial charge in [0.2, 0.25) is 5.91 Å². The normalized spacial score (nSPS) is 12.6. The fourth-order valence-electron chi connectivity index (χ4n) is 2.40. The van der Waals surface area contributed by atoms with Gasteiger partial charge in [0.25, 0.3) is 0 Å². The third-order valence-electron chi connectivity index (χ3n) is 4.23. The van der Waals surface area contributed by atoms with Gasteiger partial charge in [0.05, 0.1) is 16.7 Å². The number of benzene rings is 1. The van der Waals surface area contributed by atoms with Crippen LogP contribution in [0.5, 0.6) is 0 Å². The van der Waals surface area contributed by atoms with Crippen molar-refractivity contribution in [2.75, 3.05) is 27.2 Å². The zero-order valence-electron chi connectivity index (χ0n) is 16.7. The van der Waals surface area contributed by atoms with E-state index in [0.717, 1.165) is 22.7 Å². The van der Waals surface area contributed by atoms with Crippen molar-refractivity contribution in [1.82, 2.24) is 20.5 Å². The van der Waals surface area contributed by atoms with Crippen LogP contribution in [0.25, 0.3) is 0 Å². The molecule has 1 atom stereocenters. The van der Waals surface area contributed by atoms with Crippen molar-refractivity contribution in [3.63, 3.8) is 0 Å². The molecule has 1 aromatic carbocycles. The summed E-state index contributed by atoms with van der Waals surface area (Å²) in [5, 5.41) is 7.82. The molecule has 2 aromatic rings. The minimum Gasteiger partial charge on any atom is -0.356 e. The molecule has 7 heteroatoms. The summed E-state index contributed by atoms with van der Waals surface area (Å²) < 4.78 is 0. The third kappa shape index (κ3) is 6.67. The highest BCUT2D eigenvalue weighted by atomic mass is 32.1. The fraction of sp³-hybridized carbons (Fsp3) is 0.450. The van der Waals surface area contributed by atoms with Gasteiger partial charge >= 0.3 is 0 Å². The van der Waals surface area contributed by atoms with Crippen molar-refractivity contribution >= 4 is 23.2 Å². The summed E-state index contributed by atoms with van der Waals surface area (Å²) in [5.41, 5.74) is 2.26. The van der Waals surface area contributed by atoms with E-state index in [2.05, 4.69) is 46.6 Å². The zero-order valence-corrected chi connectivity index (χ0v) is 17.6. The fourth-order valence-corrected chi connectivity index (χ4v) is 3.34. The molecule has 1 heterocycles. The molecule has 0 radical (unpaired) electrons. The predicted octanol–water partition coefficient (Wildman–Crippen LogP) is 2.69. The minimum absolute atomic E-state index is 0.0327. The van der Waals surface area contributed by atoms with E-state index in [-0.39, 0.29) is 18.5 Å². The number of hydrogen-bond acceptors (Lipinski definition) is 4. The first kappa shape index (κ1) is 20.9. The standard InChI is InChI=1S/C20H29N5OS/c1-14-16(3)27-18(23-14)11-12-21-20(22-13-19(26)25(4)5)24-15(2)17-9-7-6-8-10-17/h6-10,15H,11-13H2,1-5H3,(H2,21,22,24). The van der Waals surface area contributed by atoms with E-state index in [1.165, 1.54) is 4.88 Å². The van der Waals surface area contributed by atoms with Crippen LogP contribution in [0.3, 0.4) is 0 Å². The van der Waals surface area contributed by atoms with Gasteiger partial charge in [0.15, 0.2) is 5.96 Å². The molecule has 27 heavy (non-hydrogen) atoms. The van der Waals surface area contributed by atoms with E-state index in [9.17, 15) is 4.79 Å². The molecule has 0 aliphatic carbocycles. The van der Waals surface area contributed by atoms with Gasteiger partial charge in [-0.1, -0.05) is 30.3 Å². The third-order valence-corrected chi connectivity index (χ3v) is 5.36. The van der Waals surface area contributed by atoms with E-state index in [1.54, 1.807) is 30.3 Å². The smallest absolute Gasteiger partial charge is 0.243 e. The molecule has 1 unspecified atom stereocenters. The summed E-state index contributed by atoms with van der Waals surface area (Å²) in [4.78, 5) is 23.7. The highest BCUT2D eigenvalue weighted by Gasteiger charge is 2.10. The van der Waals surface area contributed by atoms with Crippen LogP contribution in [0.15, 0.2) is 35.3 Å². The lowest BCUT2D eigenvalue weighted by Gasteiger charge is -2.19. The topological polar surface area (TPSA) is 69.6 Å². The largest absolute Gasteiger partial charge is 0.356 e. The van der Waals surface area contributed by atoms with Gasteiger partial charge in [-0.3, -0.25) is 4.79 Å². The molecule has 1 amide bonds. The van der Waals surface area contributed by atoms with Gasteiger partial charge in [0.1, 0.15) is 6.54 Å². The SMILES string of the molecule is Cc1nc(CCNC(=NCC(=O)N(C)C)NC(C)c2ccccc2)sc1C. The van der Waals surface area contributed by atoms with Crippen molar-refractivity contribution < 1.29 is 4.79 Å². The number of rotatable bonds is 7. The molecular weight excluding hydrogens is 358 g/mol. The molecule has 0 aliphatic rings. The molecule has 0 bridgehead atoms. The minimum atomic E-state index is -0.0327. The van der Waals surface area contributed by atoms with Crippen molar-refractivity contribution in [2.24, 2.45) is 4.99 Å². The maximum atomic E-state index is 11.9. The number of guanidine groups is 1. The number of aliphatic imine (C=N–C) groups is 1. The molecule has 6 nitrogen and oxygen atoms in total. The summed E-state index contributed by atoms with van der Waals surface area (Å²) in [7, 11) is 3.47. The maximum Gasteiger partial charge on any atom is 0.243 e. The monoisotopic (exact) mass is 387 g/mol. The second-order valence-electron chi connectivity index (χ2n) is 6.66. The van der Waals surface area contributed by atoms with E-state index in [0.29, 0.717) is 12.5 Å². The zero-order chi connectivity index (χ0) is 19.8. The average molecular weight is 388 g/mol. The Balaban J connectivity index is 1.99. The molecule has 0 aliphatic heterocycles. The number of aryl methyl sites for hydroxylation is 2. The van der Waals surface area contributed by atoms with Crippen LogP contribution >= 0.6 is 11.3 Å². The lowest BCUT2D eigenvalue weighted by Crippen LogP contribution is -2.40. The van der Waals surface area contributed by atoms with Crippen molar-refractivity contribution in [3.8, 4) is 0 Å². The van der Waals surface area contributed by atoms with Crippen LogP contribution in [0.2, 0.25) is 0 Å². The molecule has 146 valence electrons.